The van der Waals surface area contributed by atoms with Gasteiger partial charge >= 0.3 is 0 Å². The largest absolute Gasteiger partial charge is 0.496 e. The molecule has 1 N–H and O–H groups in total. The predicted octanol–water partition coefficient (Wildman–Crippen LogP) is 1.80. The molecule has 0 aromatic heterocycles. The van der Waals surface area contributed by atoms with Crippen molar-refractivity contribution in [2.75, 3.05) is 26.8 Å². The summed E-state index contributed by atoms with van der Waals surface area (Å²) in [5.74, 6) is 0.470. The van der Waals surface area contributed by atoms with E-state index in [1.54, 1.807) is 20.1 Å². The minimum atomic E-state index is -0.218. The number of ether oxygens (including phenoxy) is 2. The fourth-order valence-corrected chi connectivity index (χ4v) is 2.01. The molecule has 3 nitrogen and oxygen atoms in total. The van der Waals surface area contributed by atoms with Crippen LogP contribution in [0.3, 0.4) is 0 Å². The highest BCUT2D eigenvalue weighted by atomic mass is 19.1. The Morgan fingerprint density at radius 3 is 2.94 bits per heavy atom. The van der Waals surface area contributed by atoms with Gasteiger partial charge in [-0.25, -0.2) is 4.39 Å². The van der Waals surface area contributed by atoms with Gasteiger partial charge in [0.25, 0.3) is 0 Å². The minimum absolute atomic E-state index is 0.126. The Kier molecular flexibility index (Phi) is 3.41. The fraction of sp³-hybridized carbons (Fsp3) is 0.500. The molecule has 0 bridgehead atoms. The van der Waals surface area contributed by atoms with Gasteiger partial charge in [0.15, 0.2) is 0 Å². The SMILES string of the molecule is COc1ccc(F)c(C)c1C1CNCCO1. The van der Waals surface area contributed by atoms with Crippen LogP contribution in [0, 0.1) is 12.7 Å². The molecular weight excluding hydrogens is 209 g/mol. The lowest BCUT2D eigenvalue weighted by molar-refractivity contribution is 0.0256. The van der Waals surface area contributed by atoms with E-state index in [1.165, 1.54) is 6.07 Å². The minimum Gasteiger partial charge on any atom is -0.496 e. The Labute approximate surface area is 94.6 Å². The molecule has 0 spiro atoms. The summed E-state index contributed by atoms with van der Waals surface area (Å²) in [4.78, 5) is 0. The molecule has 1 aliphatic rings. The Morgan fingerprint density at radius 1 is 1.50 bits per heavy atom. The summed E-state index contributed by atoms with van der Waals surface area (Å²) < 4.78 is 24.4. The molecule has 88 valence electrons. The molecule has 1 atom stereocenters. The first-order chi connectivity index (χ1) is 7.74. The van der Waals surface area contributed by atoms with Crippen LogP contribution in [0.2, 0.25) is 0 Å². The van der Waals surface area contributed by atoms with Crippen LogP contribution in [-0.4, -0.2) is 26.8 Å². The first kappa shape index (κ1) is 11.4. The van der Waals surface area contributed by atoms with E-state index in [0.29, 0.717) is 24.5 Å². The second kappa shape index (κ2) is 4.80. The van der Waals surface area contributed by atoms with Crippen LogP contribution in [0.1, 0.15) is 17.2 Å². The molecule has 16 heavy (non-hydrogen) atoms. The maximum Gasteiger partial charge on any atom is 0.126 e. The summed E-state index contributed by atoms with van der Waals surface area (Å²) in [5, 5.41) is 3.23. The van der Waals surface area contributed by atoms with Gasteiger partial charge in [0, 0.05) is 18.7 Å². The Bertz CT molecular complexity index is 376. The molecule has 1 heterocycles. The van der Waals surface area contributed by atoms with E-state index >= 15 is 0 Å². The highest BCUT2D eigenvalue weighted by molar-refractivity contribution is 5.42. The van der Waals surface area contributed by atoms with Crippen LogP contribution in [0.5, 0.6) is 5.75 Å². The third kappa shape index (κ3) is 2.03. The molecular formula is C12H16FNO2. The normalized spacial score (nSPS) is 20.8. The molecule has 0 amide bonds. The van der Waals surface area contributed by atoms with Crippen LogP contribution in [0.15, 0.2) is 12.1 Å². The number of hydrogen-bond acceptors (Lipinski definition) is 3. The van der Waals surface area contributed by atoms with E-state index in [2.05, 4.69) is 5.32 Å². The van der Waals surface area contributed by atoms with Gasteiger partial charge in [0.05, 0.1) is 19.8 Å². The van der Waals surface area contributed by atoms with Crippen molar-refractivity contribution < 1.29 is 13.9 Å². The Morgan fingerprint density at radius 2 is 2.31 bits per heavy atom. The zero-order chi connectivity index (χ0) is 11.5. The number of rotatable bonds is 2. The van der Waals surface area contributed by atoms with Crippen molar-refractivity contribution >= 4 is 0 Å². The third-order valence-corrected chi connectivity index (χ3v) is 2.88. The Balaban J connectivity index is 2.39. The molecule has 1 aromatic rings. The third-order valence-electron chi connectivity index (χ3n) is 2.88. The molecule has 1 fully saturated rings. The Hall–Kier alpha value is -1.13. The van der Waals surface area contributed by atoms with Gasteiger partial charge in [-0.15, -0.1) is 0 Å². The number of nitrogens with one attached hydrogen (secondary N) is 1. The molecule has 1 unspecified atom stereocenters. The zero-order valence-corrected chi connectivity index (χ0v) is 9.55. The van der Waals surface area contributed by atoms with Crippen LogP contribution < -0.4 is 10.1 Å². The molecule has 4 heteroatoms. The average Bonchev–Trinajstić information content (AvgIpc) is 2.33. The van der Waals surface area contributed by atoms with Gasteiger partial charge in [0.1, 0.15) is 11.6 Å². The number of morpholine rings is 1. The topological polar surface area (TPSA) is 30.5 Å². The van der Waals surface area contributed by atoms with E-state index in [9.17, 15) is 4.39 Å². The van der Waals surface area contributed by atoms with Gasteiger partial charge in [-0.2, -0.15) is 0 Å². The average molecular weight is 225 g/mol. The summed E-state index contributed by atoms with van der Waals surface area (Å²) in [6.45, 7) is 3.93. The number of hydrogen-bond donors (Lipinski definition) is 1. The van der Waals surface area contributed by atoms with E-state index in [-0.39, 0.29) is 11.9 Å². The summed E-state index contributed by atoms with van der Waals surface area (Å²) in [6, 6.07) is 3.07. The summed E-state index contributed by atoms with van der Waals surface area (Å²) in [6.07, 6.45) is -0.126. The lowest BCUT2D eigenvalue weighted by atomic mass is 10.0. The van der Waals surface area contributed by atoms with Gasteiger partial charge in [-0.3, -0.25) is 0 Å². The van der Waals surface area contributed by atoms with Gasteiger partial charge < -0.3 is 14.8 Å². The van der Waals surface area contributed by atoms with E-state index in [4.69, 9.17) is 9.47 Å². The van der Waals surface area contributed by atoms with Crippen molar-refractivity contribution in [2.45, 2.75) is 13.0 Å². The van der Waals surface area contributed by atoms with Crippen LogP contribution in [0.25, 0.3) is 0 Å². The van der Waals surface area contributed by atoms with E-state index < -0.39 is 0 Å². The predicted molar refractivity (Wildman–Crippen MR) is 59.3 cm³/mol. The number of methoxy groups -OCH3 is 1. The van der Waals surface area contributed by atoms with Crippen molar-refractivity contribution in [2.24, 2.45) is 0 Å². The first-order valence-electron chi connectivity index (χ1n) is 5.39. The molecule has 0 aliphatic carbocycles. The lowest BCUT2D eigenvalue weighted by Crippen LogP contribution is -2.34. The van der Waals surface area contributed by atoms with Crippen LogP contribution in [0.4, 0.5) is 4.39 Å². The van der Waals surface area contributed by atoms with Gasteiger partial charge in [-0.1, -0.05) is 0 Å². The number of halogens is 1. The number of benzene rings is 1. The quantitative estimate of drug-likeness (QED) is 0.832. The maximum atomic E-state index is 13.5. The highest BCUT2D eigenvalue weighted by Gasteiger charge is 2.23. The van der Waals surface area contributed by atoms with Crippen molar-refractivity contribution in [3.63, 3.8) is 0 Å². The molecule has 0 radical (unpaired) electrons. The maximum absolute atomic E-state index is 13.5. The molecule has 0 saturated carbocycles. The zero-order valence-electron chi connectivity index (χ0n) is 9.55. The monoisotopic (exact) mass is 225 g/mol. The van der Waals surface area contributed by atoms with Crippen molar-refractivity contribution in [1.29, 1.82) is 0 Å². The van der Waals surface area contributed by atoms with Crippen LogP contribution >= 0.6 is 0 Å². The highest BCUT2D eigenvalue weighted by Crippen LogP contribution is 2.32. The summed E-state index contributed by atoms with van der Waals surface area (Å²) >= 11 is 0. The molecule has 2 rings (SSSR count). The lowest BCUT2D eigenvalue weighted by Gasteiger charge is -2.26. The molecule has 1 aliphatic heterocycles. The van der Waals surface area contributed by atoms with E-state index in [0.717, 1.165) is 12.1 Å². The second-order valence-corrected chi connectivity index (χ2v) is 3.85. The second-order valence-electron chi connectivity index (χ2n) is 3.85. The summed E-state index contributed by atoms with van der Waals surface area (Å²) in [7, 11) is 1.59. The van der Waals surface area contributed by atoms with E-state index in [1.807, 2.05) is 0 Å². The smallest absolute Gasteiger partial charge is 0.126 e. The van der Waals surface area contributed by atoms with Gasteiger partial charge in [-0.05, 0) is 24.6 Å². The van der Waals surface area contributed by atoms with Gasteiger partial charge in [0.2, 0.25) is 0 Å². The van der Waals surface area contributed by atoms with Crippen molar-refractivity contribution in [3.8, 4) is 5.75 Å². The van der Waals surface area contributed by atoms with Crippen molar-refractivity contribution in [1.82, 2.24) is 5.32 Å². The first-order valence-corrected chi connectivity index (χ1v) is 5.39. The molecule has 1 aromatic carbocycles. The standard InChI is InChI=1S/C12H16FNO2/c1-8-9(13)3-4-10(15-2)12(8)11-7-14-5-6-16-11/h3-4,11,14H,5-7H2,1-2H3. The molecule has 1 saturated heterocycles. The van der Waals surface area contributed by atoms with Crippen LogP contribution in [-0.2, 0) is 4.74 Å². The van der Waals surface area contributed by atoms with Crippen molar-refractivity contribution in [3.05, 3.63) is 29.1 Å². The fourth-order valence-electron chi connectivity index (χ4n) is 2.01. The summed E-state index contributed by atoms with van der Waals surface area (Å²) in [5.41, 5.74) is 1.42.